The zero-order valence-electron chi connectivity index (χ0n) is 18.9. The van der Waals surface area contributed by atoms with Crippen molar-refractivity contribution in [1.29, 1.82) is 0 Å². The molecule has 7 nitrogen and oxygen atoms in total. The molecule has 3 amide bonds. The van der Waals surface area contributed by atoms with Gasteiger partial charge in [-0.3, -0.25) is 19.8 Å². The highest BCUT2D eigenvalue weighted by atomic mass is 16.2. The highest BCUT2D eigenvalue weighted by Gasteiger charge is 2.27. The number of hydrazine groups is 1. The number of amides is 3. The molecule has 0 bridgehead atoms. The second-order valence-corrected chi connectivity index (χ2v) is 8.48. The molecule has 0 aromatic heterocycles. The van der Waals surface area contributed by atoms with Gasteiger partial charge in [0.15, 0.2) is 0 Å². The van der Waals surface area contributed by atoms with Gasteiger partial charge in [-0.25, -0.2) is 5.84 Å². The van der Waals surface area contributed by atoms with Crippen molar-refractivity contribution in [2.75, 3.05) is 0 Å². The number of carbonyl (C=O) groups excluding carboxylic acids is 3. The molecule has 0 saturated carbocycles. The first-order chi connectivity index (χ1) is 15.9. The fourth-order valence-electron chi connectivity index (χ4n) is 3.71. The van der Waals surface area contributed by atoms with Crippen molar-refractivity contribution in [1.82, 2.24) is 16.1 Å². The number of nitrogens with two attached hydrogens (primary N) is 1. The van der Waals surface area contributed by atoms with Gasteiger partial charge in [-0.1, -0.05) is 74.5 Å². The van der Waals surface area contributed by atoms with E-state index < -0.39 is 23.9 Å². The standard InChI is InChI=1S/C26H30N4O3/c1-17(2)14-22(28-24(31)21-13-12-19-10-6-7-11-20(19)16-21)25(32)29-23(26(33)30-27)15-18-8-4-3-5-9-18/h3-13,16-17,22-23H,14-15,27H2,1-2H3,(H,28,31)(H,29,32)(H,30,33). The van der Waals surface area contributed by atoms with Crippen molar-refractivity contribution in [2.45, 2.75) is 38.8 Å². The lowest BCUT2D eigenvalue weighted by atomic mass is 10.0. The summed E-state index contributed by atoms with van der Waals surface area (Å²) in [6, 6.07) is 20.9. The molecule has 3 aromatic carbocycles. The Balaban J connectivity index is 1.75. The summed E-state index contributed by atoms with van der Waals surface area (Å²) < 4.78 is 0. The van der Waals surface area contributed by atoms with Crippen molar-refractivity contribution < 1.29 is 14.4 Å². The van der Waals surface area contributed by atoms with Crippen LogP contribution in [0.3, 0.4) is 0 Å². The van der Waals surface area contributed by atoms with Gasteiger partial charge < -0.3 is 10.6 Å². The van der Waals surface area contributed by atoms with Crippen molar-refractivity contribution in [2.24, 2.45) is 11.8 Å². The topological polar surface area (TPSA) is 113 Å². The van der Waals surface area contributed by atoms with Crippen LogP contribution in [0.1, 0.15) is 36.2 Å². The molecule has 33 heavy (non-hydrogen) atoms. The van der Waals surface area contributed by atoms with Crippen LogP contribution in [-0.4, -0.2) is 29.8 Å². The zero-order chi connectivity index (χ0) is 23.8. The van der Waals surface area contributed by atoms with Crippen LogP contribution < -0.4 is 21.9 Å². The van der Waals surface area contributed by atoms with Crippen LogP contribution in [0.4, 0.5) is 0 Å². The fourth-order valence-corrected chi connectivity index (χ4v) is 3.71. The molecule has 0 heterocycles. The lowest BCUT2D eigenvalue weighted by molar-refractivity contribution is -0.130. The third-order valence-corrected chi connectivity index (χ3v) is 5.40. The van der Waals surface area contributed by atoms with Crippen molar-refractivity contribution in [3.8, 4) is 0 Å². The average molecular weight is 447 g/mol. The minimum absolute atomic E-state index is 0.147. The third kappa shape index (κ3) is 6.63. The van der Waals surface area contributed by atoms with E-state index in [1.807, 2.05) is 74.5 Å². The van der Waals surface area contributed by atoms with E-state index in [0.29, 0.717) is 12.0 Å². The van der Waals surface area contributed by atoms with Crippen LogP contribution in [0.5, 0.6) is 0 Å². The monoisotopic (exact) mass is 446 g/mol. The van der Waals surface area contributed by atoms with E-state index in [0.717, 1.165) is 16.3 Å². The lowest BCUT2D eigenvalue weighted by Crippen LogP contribution is -2.55. The molecule has 0 saturated heterocycles. The minimum Gasteiger partial charge on any atom is -0.342 e. The van der Waals surface area contributed by atoms with Crippen molar-refractivity contribution >= 4 is 28.5 Å². The van der Waals surface area contributed by atoms with Crippen LogP contribution >= 0.6 is 0 Å². The Kier molecular flexibility index (Phi) is 8.16. The summed E-state index contributed by atoms with van der Waals surface area (Å²) in [4.78, 5) is 38.4. The van der Waals surface area contributed by atoms with Gasteiger partial charge in [0.2, 0.25) is 5.91 Å². The lowest BCUT2D eigenvalue weighted by Gasteiger charge is -2.24. The van der Waals surface area contributed by atoms with Gasteiger partial charge in [0.05, 0.1) is 0 Å². The third-order valence-electron chi connectivity index (χ3n) is 5.40. The van der Waals surface area contributed by atoms with E-state index in [1.54, 1.807) is 12.1 Å². The molecule has 2 atom stereocenters. The molecule has 0 fully saturated rings. The molecule has 7 heteroatoms. The minimum atomic E-state index is -0.864. The largest absolute Gasteiger partial charge is 0.342 e. The predicted molar refractivity (Wildman–Crippen MR) is 129 cm³/mol. The fraction of sp³-hybridized carbons (Fsp3) is 0.269. The quantitative estimate of drug-likeness (QED) is 0.230. The maximum atomic E-state index is 13.1. The van der Waals surface area contributed by atoms with Gasteiger partial charge in [-0.2, -0.15) is 0 Å². The molecule has 3 rings (SSSR count). The maximum Gasteiger partial charge on any atom is 0.256 e. The summed E-state index contributed by atoms with van der Waals surface area (Å²) in [7, 11) is 0. The summed E-state index contributed by atoms with van der Waals surface area (Å²) in [6.07, 6.45) is 0.704. The van der Waals surface area contributed by atoms with E-state index in [-0.39, 0.29) is 18.2 Å². The summed E-state index contributed by atoms with van der Waals surface area (Å²) in [5.41, 5.74) is 3.46. The first-order valence-corrected chi connectivity index (χ1v) is 11.0. The Bertz CT molecular complexity index is 1110. The highest BCUT2D eigenvalue weighted by Crippen LogP contribution is 2.16. The van der Waals surface area contributed by atoms with Crippen molar-refractivity contribution in [3.05, 3.63) is 83.9 Å². The summed E-state index contributed by atoms with van der Waals surface area (Å²) in [5, 5.41) is 7.58. The van der Waals surface area contributed by atoms with E-state index in [1.165, 1.54) is 0 Å². The van der Waals surface area contributed by atoms with Crippen LogP contribution in [0.2, 0.25) is 0 Å². The molecule has 3 aromatic rings. The number of nitrogens with one attached hydrogen (secondary N) is 3. The van der Waals surface area contributed by atoms with Gasteiger partial charge in [0.25, 0.3) is 11.8 Å². The zero-order valence-corrected chi connectivity index (χ0v) is 18.9. The second-order valence-electron chi connectivity index (χ2n) is 8.48. The molecule has 0 spiro atoms. The maximum absolute atomic E-state index is 13.1. The number of hydrogen-bond donors (Lipinski definition) is 4. The normalized spacial score (nSPS) is 12.7. The van der Waals surface area contributed by atoms with Gasteiger partial charge in [-0.05, 0) is 40.8 Å². The van der Waals surface area contributed by atoms with Crippen LogP contribution in [0.25, 0.3) is 10.8 Å². The second kappa shape index (κ2) is 11.2. The Hall–Kier alpha value is -3.71. The Morgan fingerprint density at radius 2 is 1.45 bits per heavy atom. The molecule has 0 aliphatic rings. The predicted octanol–water partition coefficient (Wildman–Crippen LogP) is 2.70. The number of fused-ring (bicyclic) bond motifs is 1. The summed E-state index contributed by atoms with van der Waals surface area (Å²) in [6.45, 7) is 3.94. The molecule has 0 aliphatic carbocycles. The van der Waals surface area contributed by atoms with Crippen LogP contribution in [-0.2, 0) is 16.0 Å². The molecule has 172 valence electrons. The Morgan fingerprint density at radius 1 is 0.788 bits per heavy atom. The van der Waals surface area contributed by atoms with Gasteiger partial charge in [-0.15, -0.1) is 0 Å². The molecule has 2 unspecified atom stereocenters. The highest BCUT2D eigenvalue weighted by molar-refractivity contribution is 6.01. The summed E-state index contributed by atoms with van der Waals surface area (Å²) in [5.74, 6) is 4.21. The molecular weight excluding hydrogens is 416 g/mol. The van der Waals surface area contributed by atoms with Gasteiger partial charge in [0.1, 0.15) is 12.1 Å². The molecule has 0 aliphatic heterocycles. The average Bonchev–Trinajstić information content (AvgIpc) is 2.82. The number of rotatable bonds is 9. The molecule has 5 N–H and O–H groups in total. The first-order valence-electron chi connectivity index (χ1n) is 11.0. The first kappa shape index (κ1) is 23.9. The molecule has 0 radical (unpaired) electrons. The van der Waals surface area contributed by atoms with E-state index in [2.05, 4.69) is 16.1 Å². The Labute approximate surface area is 193 Å². The number of hydrogen-bond acceptors (Lipinski definition) is 4. The van der Waals surface area contributed by atoms with Crippen LogP contribution in [0, 0.1) is 5.92 Å². The molecular formula is C26H30N4O3. The van der Waals surface area contributed by atoms with E-state index in [4.69, 9.17) is 5.84 Å². The smallest absolute Gasteiger partial charge is 0.256 e. The van der Waals surface area contributed by atoms with Gasteiger partial charge >= 0.3 is 0 Å². The number of benzene rings is 3. The van der Waals surface area contributed by atoms with E-state index in [9.17, 15) is 14.4 Å². The van der Waals surface area contributed by atoms with E-state index >= 15 is 0 Å². The van der Waals surface area contributed by atoms with Gasteiger partial charge in [0, 0.05) is 12.0 Å². The summed E-state index contributed by atoms with van der Waals surface area (Å²) >= 11 is 0. The number of carbonyl (C=O) groups is 3. The Morgan fingerprint density at radius 3 is 2.12 bits per heavy atom. The van der Waals surface area contributed by atoms with Crippen LogP contribution in [0.15, 0.2) is 72.8 Å². The SMILES string of the molecule is CC(C)CC(NC(=O)c1ccc2ccccc2c1)C(=O)NC(Cc1ccccc1)C(=O)NN. The van der Waals surface area contributed by atoms with Crippen molar-refractivity contribution in [3.63, 3.8) is 0 Å².